The van der Waals surface area contributed by atoms with Gasteiger partial charge < -0.3 is 10.2 Å². The minimum absolute atomic E-state index is 0.0323. The van der Waals surface area contributed by atoms with Gasteiger partial charge in [0, 0.05) is 30.6 Å². The van der Waals surface area contributed by atoms with Crippen molar-refractivity contribution in [3.63, 3.8) is 0 Å². The van der Waals surface area contributed by atoms with Crippen LogP contribution in [-0.4, -0.2) is 42.7 Å². The Labute approximate surface area is 117 Å². The number of halogens is 1. The number of amides is 1. The van der Waals surface area contributed by atoms with E-state index in [9.17, 15) is 4.79 Å². The van der Waals surface area contributed by atoms with Crippen LogP contribution in [0.1, 0.15) is 17.3 Å². The van der Waals surface area contributed by atoms with Crippen molar-refractivity contribution in [1.29, 1.82) is 0 Å². The topological polar surface area (TPSA) is 32.3 Å². The molecule has 1 atom stereocenters. The van der Waals surface area contributed by atoms with Crippen molar-refractivity contribution in [2.75, 3.05) is 25.9 Å². The van der Waals surface area contributed by atoms with E-state index in [0.717, 1.165) is 24.5 Å². The van der Waals surface area contributed by atoms with Gasteiger partial charge in [0.2, 0.25) is 0 Å². The number of hydrogen-bond donors (Lipinski definition) is 1. The molecule has 0 saturated carbocycles. The Bertz CT molecular complexity index is 453. The van der Waals surface area contributed by atoms with E-state index in [1.54, 1.807) is 17.8 Å². The lowest BCUT2D eigenvalue weighted by atomic mass is 10.1. The van der Waals surface area contributed by atoms with Crippen molar-refractivity contribution in [2.45, 2.75) is 17.9 Å². The van der Waals surface area contributed by atoms with E-state index in [1.165, 1.54) is 0 Å². The molecule has 0 unspecified atom stereocenters. The van der Waals surface area contributed by atoms with Gasteiger partial charge in [-0.25, -0.2) is 0 Å². The predicted molar refractivity (Wildman–Crippen MR) is 76.6 cm³/mol. The first-order valence-electron chi connectivity index (χ1n) is 5.98. The monoisotopic (exact) mass is 284 g/mol. The summed E-state index contributed by atoms with van der Waals surface area (Å²) in [6.45, 7) is 4.47. The minimum Gasteiger partial charge on any atom is -0.333 e. The van der Waals surface area contributed by atoms with E-state index in [1.807, 2.05) is 23.3 Å². The van der Waals surface area contributed by atoms with Crippen LogP contribution < -0.4 is 5.32 Å². The molecule has 1 aliphatic heterocycles. The molecule has 5 heteroatoms. The highest BCUT2D eigenvalue weighted by atomic mass is 35.5. The lowest BCUT2D eigenvalue weighted by Gasteiger charge is -2.34. The van der Waals surface area contributed by atoms with Gasteiger partial charge in [-0.1, -0.05) is 11.6 Å². The summed E-state index contributed by atoms with van der Waals surface area (Å²) in [5, 5.41) is 3.81. The molecular weight excluding hydrogens is 268 g/mol. The molecule has 1 N–H and O–H groups in total. The Hall–Kier alpha value is -0.710. The Morgan fingerprint density at radius 3 is 3.00 bits per heavy atom. The molecule has 0 bridgehead atoms. The van der Waals surface area contributed by atoms with Gasteiger partial charge in [0.05, 0.1) is 10.6 Å². The van der Waals surface area contributed by atoms with E-state index in [-0.39, 0.29) is 11.9 Å². The zero-order valence-electron chi connectivity index (χ0n) is 10.6. The van der Waals surface area contributed by atoms with Crippen LogP contribution in [0.3, 0.4) is 0 Å². The fraction of sp³-hybridized carbons (Fsp3) is 0.462. The number of nitrogens with zero attached hydrogens (tertiary/aromatic N) is 1. The Kier molecular flexibility index (Phi) is 4.54. The highest BCUT2D eigenvalue weighted by molar-refractivity contribution is 7.98. The third kappa shape index (κ3) is 2.82. The number of carbonyl (C=O) groups excluding carboxylic acids is 1. The first-order chi connectivity index (χ1) is 8.63. The summed E-state index contributed by atoms with van der Waals surface area (Å²) in [5.41, 5.74) is 0.609. The quantitative estimate of drug-likeness (QED) is 0.847. The van der Waals surface area contributed by atoms with Crippen molar-refractivity contribution in [2.24, 2.45) is 0 Å². The van der Waals surface area contributed by atoms with E-state index in [2.05, 4.69) is 12.2 Å². The molecular formula is C13H17ClN2OS. The van der Waals surface area contributed by atoms with E-state index >= 15 is 0 Å². The molecule has 0 aliphatic carbocycles. The van der Waals surface area contributed by atoms with Crippen LogP contribution in [0.5, 0.6) is 0 Å². The van der Waals surface area contributed by atoms with Gasteiger partial charge in [-0.05, 0) is 31.4 Å². The number of benzene rings is 1. The lowest BCUT2D eigenvalue weighted by molar-refractivity contribution is 0.0655. The number of piperazine rings is 1. The van der Waals surface area contributed by atoms with Crippen molar-refractivity contribution in [1.82, 2.24) is 10.2 Å². The van der Waals surface area contributed by atoms with Gasteiger partial charge in [-0.15, -0.1) is 11.8 Å². The predicted octanol–water partition coefficient (Wildman–Crippen LogP) is 2.50. The van der Waals surface area contributed by atoms with Crippen molar-refractivity contribution in [3.05, 3.63) is 28.8 Å². The molecule has 0 aromatic heterocycles. The van der Waals surface area contributed by atoms with Gasteiger partial charge >= 0.3 is 0 Å². The fourth-order valence-electron chi connectivity index (χ4n) is 2.09. The maximum Gasteiger partial charge on any atom is 0.255 e. The van der Waals surface area contributed by atoms with Crippen LogP contribution in [-0.2, 0) is 0 Å². The van der Waals surface area contributed by atoms with Crippen LogP contribution in [0.15, 0.2) is 23.1 Å². The summed E-state index contributed by atoms with van der Waals surface area (Å²) >= 11 is 7.76. The molecule has 1 fully saturated rings. The number of hydrogen-bond acceptors (Lipinski definition) is 3. The van der Waals surface area contributed by atoms with Crippen molar-refractivity contribution >= 4 is 29.3 Å². The largest absolute Gasteiger partial charge is 0.333 e. The Balaban J connectivity index is 2.27. The van der Waals surface area contributed by atoms with Gasteiger partial charge in [-0.3, -0.25) is 4.79 Å². The maximum absolute atomic E-state index is 12.5. The third-order valence-corrected chi connectivity index (χ3v) is 4.22. The van der Waals surface area contributed by atoms with Crippen LogP contribution >= 0.6 is 23.4 Å². The maximum atomic E-state index is 12.5. The molecule has 2 rings (SSSR count). The summed E-state index contributed by atoms with van der Waals surface area (Å²) in [6, 6.07) is 5.82. The molecule has 3 nitrogen and oxygen atoms in total. The first-order valence-corrected chi connectivity index (χ1v) is 7.59. The Morgan fingerprint density at radius 2 is 2.33 bits per heavy atom. The average molecular weight is 285 g/mol. The number of rotatable bonds is 2. The standard InChI is InChI=1S/C13H17ClN2OS/c1-9-8-15-5-6-16(9)13(17)11-7-10(18-2)3-4-12(11)14/h3-4,7,9,15H,5-6,8H2,1-2H3/t9-/m1/s1. The van der Waals surface area contributed by atoms with Gasteiger partial charge in [0.25, 0.3) is 5.91 Å². The second-order valence-corrected chi connectivity index (χ2v) is 5.68. The number of nitrogens with one attached hydrogen (secondary N) is 1. The lowest BCUT2D eigenvalue weighted by Crippen LogP contribution is -2.52. The summed E-state index contributed by atoms with van der Waals surface area (Å²) in [6.07, 6.45) is 1.99. The summed E-state index contributed by atoms with van der Waals surface area (Å²) in [4.78, 5) is 15.5. The third-order valence-electron chi connectivity index (χ3n) is 3.17. The molecule has 1 saturated heterocycles. The second kappa shape index (κ2) is 5.95. The molecule has 18 heavy (non-hydrogen) atoms. The van der Waals surface area contributed by atoms with Gasteiger partial charge in [0.15, 0.2) is 0 Å². The highest BCUT2D eigenvalue weighted by Crippen LogP contribution is 2.25. The summed E-state index contributed by atoms with van der Waals surface area (Å²) < 4.78 is 0. The van der Waals surface area contributed by atoms with E-state index in [4.69, 9.17) is 11.6 Å². The van der Waals surface area contributed by atoms with E-state index in [0.29, 0.717) is 10.6 Å². The number of thioether (sulfide) groups is 1. The molecule has 1 aliphatic rings. The average Bonchev–Trinajstić information content (AvgIpc) is 2.39. The molecule has 98 valence electrons. The second-order valence-electron chi connectivity index (χ2n) is 4.40. The van der Waals surface area contributed by atoms with Crippen LogP contribution in [0.4, 0.5) is 0 Å². The van der Waals surface area contributed by atoms with Crippen molar-refractivity contribution in [3.8, 4) is 0 Å². The SMILES string of the molecule is CSc1ccc(Cl)c(C(=O)N2CCNC[C@H]2C)c1. The summed E-state index contributed by atoms with van der Waals surface area (Å²) in [7, 11) is 0. The zero-order valence-corrected chi connectivity index (χ0v) is 12.1. The number of carbonyl (C=O) groups is 1. The van der Waals surface area contributed by atoms with Gasteiger partial charge in [0.1, 0.15) is 0 Å². The first kappa shape index (κ1) is 13.7. The molecule has 0 radical (unpaired) electrons. The minimum atomic E-state index is 0.0323. The van der Waals surface area contributed by atoms with Gasteiger partial charge in [-0.2, -0.15) is 0 Å². The van der Waals surface area contributed by atoms with E-state index < -0.39 is 0 Å². The molecule has 1 aromatic carbocycles. The van der Waals surface area contributed by atoms with Crippen LogP contribution in [0.25, 0.3) is 0 Å². The Morgan fingerprint density at radius 1 is 1.56 bits per heavy atom. The molecule has 0 spiro atoms. The molecule has 1 heterocycles. The normalized spacial score (nSPS) is 19.9. The summed E-state index contributed by atoms with van der Waals surface area (Å²) in [5.74, 6) is 0.0323. The highest BCUT2D eigenvalue weighted by Gasteiger charge is 2.25. The fourth-order valence-corrected chi connectivity index (χ4v) is 2.73. The smallest absolute Gasteiger partial charge is 0.255 e. The molecule has 1 aromatic rings. The zero-order chi connectivity index (χ0) is 13.1. The van der Waals surface area contributed by atoms with Crippen molar-refractivity contribution < 1.29 is 4.79 Å². The van der Waals surface area contributed by atoms with Crippen LogP contribution in [0, 0.1) is 0 Å². The molecule has 1 amide bonds. The van der Waals surface area contributed by atoms with Crippen LogP contribution in [0.2, 0.25) is 5.02 Å².